The first-order valence-electron chi connectivity index (χ1n) is 12.8. The molecule has 0 N–H and O–H groups in total. The van der Waals surface area contributed by atoms with E-state index in [9.17, 15) is 8.78 Å². The van der Waals surface area contributed by atoms with Crippen LogP contribution >= 0.6 is 0 Å². The minimum Gasteiger partial charge on any atom is -0.341 e. The van der Waals surface area contributed by atoms with Crippen LogP contribution in [0.3, 0.4) is 0 Å². The monoisotopic (exact) mass is 477 g/mol. The Bertz CT molecular complexity index is 966. The van der Waals surface area contributed by atoms with E-state index in [-0.39, 0.29) is 11.6 Å². The molecule has 0 unspecified atom stereocenters. The summed E-state index contributed by atoms with van der Waals surface area (Å²) in [7, 11) is 0. The molecule has 0 spiro atoms. The van der Waals surface area contributed by atoms with Gasteiger partial charge in [0.1, 0.15) is 11.6 Å². The highest BCUT2D eigenvalue weighted by Gasteiger charge is 2.28. The summed E-state index contributed by atoms with van der Waals surface area (Å²) in [5.41, 5.74) is 3.25. The highest BCUT2D eigenvalue weighted by atomic mass is 19.1. The maximum absolute atomic E-state index is 13.5. The maximum Gasteiger partial charge on any atom is 0.123 e. The van der Waals surface area contributed by atoms with Crippen LogP contribution in [-0.4, -0.2) is 54.6 Å². The summed E-state index contributed by atoms with van der Waals surface area (Å²) in [6.07, 6.45) is 3.29. The number of hydrogen-bond donors (Lipinski definition) is 0. The van der Waals surface area contributed by atoms with Crippen LogP contribution < -0.4 is 4.90 Å². The van der Waals surface area contributed by atoms with Gasteiger partial charge in [-0.15, -0.1) is 0 Å². The van der Waals surface area contributed by atoms with Crippen molar-refractivity contribution in [3.8, 4) is 0 Å². The number of piperazine rings is 1. The summed E-state index contributed by atoms with van der Waals surface area (Å²) in [5, 5.41) is 0. The van der Waals surface area contributed by atoms with Crippen LogP contribution in [0.4, 0.5) is 20.2 Å². The average Bonchev–Trinajstić information content (AvgIpc) is 2.86. The van der Waals surface area contributed by atoms with Crippen molar-refractivity contribution in [2.24, 2.45) is 0 Å². The molecule has 1 fully saturated rings. The average molecular weight is 478 g/mol. The topological polar surface area (TPSA) is 9.72 Å². The van der Waals surface area contributed by atoms with Gasteiger partial charge in [-0.25, -0.2) is 8.78 Å². The largest absolute Gasteiger partial charge is 0.341 e. The van der Waals surface area contributed by atoms with E-state index in [1.165, 1.54) is 36.2 Å². The van der Waals surface area contributed by atoms with Crippen molar-refractivity contribution in [2.75, 3.05) is 37.6 Å². The second kappa shape index (κ2) is 12.3. The zero-order valence-electron chi connectivity index (χ0n) is 20.9. The number of benzene rings is 3. The van der Waals surface area contributed by atoms with Gasteiger partial charge in [-0.1, -0.05) is 30.3 Å². The molecule has 0 radical (unpaired) electrons. The fraction of sp³-hybridized carbons (Fsp3) is 0.400. The summed E-state index contributed by atoms with van der Waals surface area (Å²) >= 11 is 0. The fourth-order valence-corrected chi connectivity index (χ4v) is 5.30. The van der Waals surface area contributed by atoms with Crippen LogP contribution in [0.1, 0.15) is 32.3 Å². The van der Waals surface area contributed by atoms with E-state index in [1.807, 2.05) is 0 Å². The molecular weight excluding hydrogens is 440 g/mol. The van der Waals surface area contributed by atoms with Gasteiger partial charge >= 0.3 is 0 Å². The molecule has 0 aliphatic carbocycles. The molecule has 3 nitrogen and oxygen atoms in total. The second-order valence-corrected chi connectivity index (χ2v) is 9.74. The van der Waals surface area contributed by atoms with Gasteiger partial charge < -0.3 is 9.80 Å². The summed E-state index contributed by atoms with van der Waals surface area (Å²) < 4.78 is 27.0. The van der Waals surface area contributed by atoms with E-state index in [2.05, 4.69) is 58.9 Å². The Morgan fingerprint density at radius 1 is 0.714 bits per heavy atom. The van der Waals surface area contributed by atoms with Crippen LogP contribution in [0, 0.1) is 11.6 Å². The van der Waals surface area contributed by atoms with E-state index < -0.39 is 0 Å². The SMILES string of the molecule is C[C@@H]1CN(CCCN(c2ccc(F)cc2)c2ccc(F)cc2)C[C@H](C)N1CCCc1ccccc1. The van der Waals surface area contributed by atoms with E-state index in [4.69, 9.17) is 0 Å². The summed E-state index contributed by atoms with van der Waals surface area (Å²) in [6, 6.07) is 24.9. The molecule has 4 rings (SSSR count). The first-order chi connectivity index (χ1) is 17.0. The molecule has 1 aliphatic rings. The second-order valence-electron chi connectivity index (χ2n) is 9.74. The van der Waals surface area contributed by atoms with Crippen molar-refractivity contribution >= 4 is 11.4 Å². The van der Waals surface area contributed by atoms with Crippen LogP contribution in [0.2, 0.25) is 0 Å². The molecule has 3 aromatic carbocycles. The lowest BCUT2D eigenvalue weighted by atomic mass is 10.0. The van der Waals surface area contributed by atoms with Gasteiger partial charge in [0.15, 0.2) is 0 Å². The van der Waals surface area contributed by atoms with Crippen LogP contribution in [-0.2, 0) is 6.42 Å². The molecule has 1 aliphatic heterocycles. The van der Waals surface area contributed by atoms with E-state index in [0.29, 0.717) is 12.1 Å². The Hall–Kier alpha value is -2.76. The molecule has 1 heterocycles. The molecule has 2 atom stereocenters. The van der Waals surface area contributed by atoms with Gasteiger partial charge in [-0.3, -0.25) is 4.90 Å². The molecule has 0 bridgehead atoms. The smallest absolute Gasteiger partial charge is 0.123 e. The van der Waals surface area contributed by atoms with Crippen molar-refractivity contribution in [2.45, 2.75) is 45.2 Å². The van der Waals surface area contributed by atoms with Gasteiger partial charge in [0.25, 0.3) is 0 Å². The Kier molecular flexibility index (Phi) is 8.89. The Morgan fingerprint density at radius 2 is 1.26 bits per heavy atom. The Labute approximate surface area is 209 Å². The van der Waals surface area contributed by atoms with Crippen molar-refractivity contribution < 1.29 is 8.78 Å². The van der Waals surface area contributed by atoms with Crippen molar-refractivity contribution in [1.29, 1.82) is 0 Å². The third-order valence-electron chi connectivity index (χ3n) is 7.03. The van der Waals surface area contributed by atoms with E-state index in [1.54, 1.807) is 24.3 Å². The Morgan fingerprint density at radius 3 is 1.80 bits per heavy atom. The molecule has 1 saturated heterocycles. The van der Waals surface area contributed by atoms with Gasteiger partial charge in [-0.2, -0.15) is 0 Å². The highest BCUT2D eigenvalue weighted by molar-refractivity contribution is 5.63. The predicted molar refractivity (Wildman–Crippen MR) is 141 cm³/mol. The summed E-state index contributed by atoms with van der Waals surface area (Å²) in [6.45, 7) is 9.76. The van der Waals surface area contributed by atoms with E-state index in [0.717, 1.165) is 56.9 Å². The lowest BCUT2D eigenvalue weighted by molar-refractivity contribution is 0.0381. The van der Waals surface area contributed by atoms with Crippen LogP contribution in [0.5, 0.6) is 0 Å². The molecule has 35 heavy (non-hydrogen) atoms. The Balaban J connectivity index is 1.29. The number of aryl methyl sites for hydroxylation is 1. The molecule has 0 amide bonds. The highest BCUT2D eigenvalue weighted by Crippen LogP contribution is 2.26. The first-order valence-corrected chi connectivity index (χ1v) is 12.8. The normalized spacial score (nSPS) is 19.1. The predicted octanol–water partition coefficient (Wildman–Crippen LogP) is 6.52. The van der Waals surface area contributed by atoms with Gasteiger partial charge in [0.2, 0.25) is 0 Å². The maximum atomic E-state index is 13.5. The number of hydrogen-bond acceptors (Lipinski definition) is 3. The van der Waals surface area contributed by atoms with Crippen molar-refractivity contribution in [3.63, 3.8) is 0 Å². The molecule has 186 valence electrons. The minimum atomic E-state index is -0.252. The molecule has 3 aromatic rings. The summed E-state index contributed by atoms with van der Waals surface area (Å²) in [4.78, 5) is 7.37. The van der Waals surface area contributed by atoms with Crippen LogP contribution in [0.15, 0.2) is 78.9 Å². The van der Waals surface area contributed by atoms with Crippen LogP contribution in [0.25, 0.3) is 0 Å². The molecule has 5 heteroatoms. The van der Waals surface area contributed by atoms with E-state index >= 15 is 0 Å². The van der Waals surface area contributed by atoms with Gasteiger partial charge in [0.05, 0.1) is 0 Å². The van der Waals surface area contributed by atoms with Gasteiger partial charge in [-0.05, 0) is 100 Å². The lowest BCUT2D eigenvalue weighted by Crippen LogP contribution is -2.57. The fourth-order valence-electron chi connectivity index (χ4n) is 5.30. The quantitative estimate of drug-likeness (QED) is 0.329. The third-order valence-corrected chi connectivity index (χ3v) is 7.03. The van der Waals surface area contributed by atoms with Gasteiger partial charge in [0, 0.05) is 43.1 Å². The zero-order chi connectivity index (χ0) is 24.6. The lowest BCUT2D eigenvalue weighted by Gasteiger charge is -2.44. The zero-order valence-corrected chi connectivity index (χ0v) is 20.9. The third kappa shape index (κ3) is 7.12. The van der Waals surface area contributed by atoms with Crippen molar-refractivity contribution in [1.82, 2.24) is 9.80 Å². The number of rotatable bonds is 10. The molecule has 0 aromatic heterocycles. The summed E-state index contributed by atoms with van der Waals surface area (Å²) in [5.74, 6) is -0.505. The standard InChI is InChI=1S/C30H37F2N3/c1-24-22-33(23-25(2)34(24)20-6-10-26-8-4-3-5-9-26)19-7-21-35(29-15-11-27(31)12-16-29)30-17-13-28(32)14-18-30/h3-5,8-9,11-18,24-25H,6-7,10,19-23H2,1-2H3/t24-,25+. The molecule has 0 saturated carbocycles. The molecular formula is C30H37F2N3. The number of nitrogens with zero attached hydrogens (tertiary/aromatic N) is 3. The number of halogens is 2. The minimum absolute atomic E-state index is 0.252. The van der Waals surface area contributed by atoms with Crippen molar-refractivity contribution in [3.05, 3.63) is 96.1 Å². The first kappa shape index (κ1) is 25.3. The number of anilines is 2.